The molecule has 0 unspecified atom stereocenters. The summed E-state index contributed by atoms with van der Waals surface area (Å²) in [5, 5.41) is 2.97. The lowest BCUT2D eigenvalue weighted by Crippen LogP contribution is -2.53. The lowest BCUT2D eigenvalue weighted by Gasteiger charge is -2.40. The summed E-state index contributed by atoms with van der Waals surface area (Å²) in [5.41, 5.74) is 2.23. The van der Waals surface area contributed by atoms with E-state index in [-0.39, 0.29) is 5.56 Å². The van der Waals surface area contributed by atoms with Gasteiger partial charge in [0.05, 0.1) is 11.4 Å². The Kier molecular flexibility index (Phi) is 7.90. The molecule has 0 saturated carbocycles. The number of piperazine rings is 1. The fourth-order valence-corrected chi connectivity index (χ4v) is 5.31. The molecule has 2 aliphatic heterocycles. The molecule has 1 aromatic carbocycles. The van der Waals surface area contributed by atoms with Gasteiger partial charge in [0.1, 0.15) is 29.3 Å². The maximum Gasteiger partial charge on any atom is 0.259 e. The highest BCUT2D eigenvalue weighted by molar-refractivity contribution is 5.96. The van der Waals surface area contributed by atoms with Crippen molar-refractivity contribution in [3.63, 3.8) is 0 Å². The molecule has 0 aliphatic carbocycles. The molecule has 2 aromatic heterocycles. The third kappa shape index (κ3) is 5.23. The lowest BCUT2D eigenvalue weighted by molar-refractivity contribution is 0.0135. The van der Waals surface area contributed by atoms with Crippen molar-refractivity contribution >= 4 is 11.7 Å². The van der Waals surface area contributed by atoms with Gasteiger partial charge in [-0.1, -0.05) is 6.92 Å². The number of halogens is 2. The van der Waals surface area contributed by atoms with Crippen LogP contribution in [0.15, 0.2) is 36.8 Å². The minimum absolute atomic E-state index is 0.241. The van der Waals surface area contributed by atoms with Crippen LogP contribution in [0.5, 0.6) is 0 Å². The Balaban J connectivity index is 1.41. The fourth-order valence-electron chi connectivity index (χ4n) is 5.31. The third-order valence-electron chi connectivity index (χ3n) is 7.41. The molecule has 2 aliphatic rings. The number of amides is 1. The average molecular weight is 523 g/mol. The Hall–Kier alpha value is -3.50. The fraction of sp³-hybridized carbons (Fsp3) is 0.429. The van der Waals surface area contributed by atoms with Crippen LogP contribution in [0.4, 0.5) is 14.6 Å². The molecule has 0 bridgehead atoms. The summed E-state index contributed by atoms with van der Waals surface area (Å²) in [6.45, 7) is 5.68. The van der Waals surface area contributed by atoms with Crippen LogP contribution in [0.2, 0.25) is 0 Å². The van der Waals surface area contributed by atoms with Gasteiger partial charge in [-0.2, -0.15) is 0 Å². The number of aryl methyl sites for hydroxylation is 1. The van der Waals surface area contributed by atoms with E-state index in [4.69, 9.17) is 4.74 Å². The second-order valence-corrected chi connectivity index (χ2v) is 9.57. The second-order valence-electron chi connectivity index (χ2n) is 9.57. The largest absolute Gasteiger partial charge is 0.381 e. The molecule has 0 atom stereocenters. The number of ether oxygens (including phenoxy) is 1. The Bertz CT molecular complexity index is 1270. The summed E-state index contributed by atoms with van der Waals surface area (Å²) < 4.78 is 36.3. The first-order chi connectivity index (χ1) is 18.5. The van der Waals surface area contributed by atoms with Crippen LogP contribution in [-0.4, -0.2) is 83.1 Å². The Morgan fingerprint density at radius 1 is 1.03 bits per heavy atom. The van der Waals surface area contributed by atoms with Gasteiger partial charge < -0.3 is 15.0 Å². The molecule has 0 radical (unpaired) electrons. The van der Waals surface area contributed by atoms with E-state index in [0.717, 1.165) is 37.3 Å². The highest BCUT2D eigenvalue weighted by Crippen LogP contribution is 2.34. The molecule has 8 nitrogen and oxygen atoms in total. The van der Waals surface area contributed by atoms with E-state index in [0.29, 0.717) is 55.7 Å². The molecule has 1 amide bonds. The lowest BCUT2D eigenvalue weighted by atomic mass is 9.96. The van der Waals surface area contributed by atoms with Crippen molar-refractivity contribution in [1.82, 2.24) is 24.8 Å². The van der Waals surface area contributed by atoms with Gasteiger partial charge in [-0.15, -0.1) is 0 Å². The van der Waals surface area contributed by atoms with Gasteiger partial charge in [0.25, 0.3) is 5.91 Å². The first kappa shape index (κ1) is 26.1. The van der Waals surface area contributed by atoms with Crippen LogP contribution < -0.4 is 5.32 Å². The number of nitrogens with zero attached hydrogens (tertiary/aromatic N) is 5. The van der Waals surface area contributed by atoms with E-state index < -0.39 is 23.1 Å². The van der Waals surface area contributed by atoms with Crippen molar-refractivity contribution in [2.75, 3.05) is 51.8 Å². The van der Waals surface area contributed by atoms with Crippen molar-refractivity contribution in [3.05, 3.63) is 59.7 Å². The van der Waals surface area contributed by atoms with Gasteiger partial charge >= 0.3 is 0 Å². The van der Waals surface area contributed by atoms with Crippen molar-refractivity contribution in [2.45, 2.75) is 32.2 Å². The maximum atomic E-state index is 15.4. The first-order valence-electron chi connectivity index (χ1n) is 13.1. The number of rotatable bonds is 6. The number of hydrogen-bond donors (Lipinski definition) is 1. The zero-order valence-corrected chi connectivity index (χ0v) is 21.7. The summed E-state index contributed by atoms with van der Waals surface area (Å²) in [5.74, 6) is -1.73. The maximum absolute atomic E-state index is 15.4. The van der Waals surface area contributed by atoms with Gasteiger partial charge in [-0.3, -0.25) is 9.69 Å². The van der Waals surface area contributed by atoms with Crippen molar-refractivity contribution in [3.8, 4) is 22.4 Å². The molecule has 0 spiro atoms. The van der Waals surface area contributed by atoms with E-state index in [9.17, 15) is 4.79 Å². The standard InChI is InChI=1S/C28H32F2N6O2/c1-3-23-25(18-4-5-24(31-2)32-16-18)27(34-17-33-23)19-14-21(29)26(22(30)15-19)28(37)36-10-8-35(9-11-36)20-6-12-38-13-7-20/h4-5,14-17,20H,3,6-13H2,1-2H3,(H,31,32). The summed E-state index contributed by atoms with van der Waals surface area (Å²) in [4.78, 5) is 30.2. The van der Waals surface area contributed by atoms with E-state index in [1.807, 2.05) is 19.1 Å². The Morgan fingerprint density at radius 3 is 2.34 bits per heavy atom. The van der Waals surface area contributed by atoms with E-state index in [2.05, 4.69) is 25.2 Å². The predicted octanol–water partition coefficient (Wildman–Crippen LogP) is 4.02. The predicted molar refractivity (Wildman–Crippen MR) is 141 cm³/mol. The van der Waals surface area contributed by atoms with Gasteiger partial charge in [0, 0.05) is 75.4 Å². The molecule has 3 aromatic rings. The van der Waals surface area contributed by atoms with Crippen LogP contribution in [0.25, 0.3) is 22.4 Å². The number of hydrogen-bond acceptors (Lipinski definition) is 7. The van der Waals surface area contributed by atoms with Gasteiger partial charge in [0.15, 0.2) is 0 Å². The summed E-state index contributed by atoms with van der Waals surface area (Å²) in [7, 11) is 1.77. The minimum atomic E-state index is -0.900. The minimum Gasteiger partial charge on any atom is -0.381 e. The molecular formula is C28H32F2N6O2. The first-order valence-corrected chi connectivity index (χ1v) is 13.1. The summed E-state index contributed by atoms with van der Waals surface area (Å²) >= 11 is 0. The van der Waals surface area contributed by atoms with E-state index >= 15 is 8.78 Å². The summed E-state index contributed by atoms with van der Waals surface area (Å²) in [6, 6.07) is 6.50. The zero-order valence-electron chi connectivity index (χ0n) is 21.7. The van der Waals surface area contributed by atoms with Crippen LogP contribution in [0.1, 0.15) is 35.8 Å². The van der Waals surface area contributed by atoms with Crippen LogP contribution in [-0.2, 0) is 11.2 Å². The van der Waals surface area contributed by atoms with Crippen LogP contribution in [0.3, 0.4) is 0 Å². The number of pyridine rings is 1. The van der Waals surface area contributed by atoms with Gasteiger partial charge in [-0.25, -0.2) is 23.7 Å². The van der Waals surface area contributed by atoms with E-state index in [1.165, 1.54) is 23.4 Å². The Morgan fingerprint density at radius 2 is 1.74 bits per heavy atom. The highest BCUT2D eigenvalue weighted by atomic mass is 19.1. The number of carbonyl (C=O) groups excluding carboxylic acids is 1. The monoisotopic (exact) mass is 522 g/mol. The third-order valence-corrected chi connectivity index (χ3v) is 7.41. The second kappa shape index (κ2) is 11.5. The van der Waals surface area contributed by atoms with Crippen LogP contribution >= 0.6 is 0 Å². The number of aromatic nitrogens is 3. The smallest absolute Gasteiger partial charge is 0.259 e. The molecule has 10 heteroatoms. The average Bonchev–Trinajstić information content (AvgIpc) is 2.97. The van der Waals surface area contributed by atoms with Crippen molar-refractivity contribution in [1.29, 1.82) is 0 Å². The molecule has 2 saturated heterocycles. The molecule has 4 heterocycles. The van der Waals surface area contributed by atoms with Crippen molar-refractivity contribution in [2.24, 2.45) is 0 Å². The number of carbonyl (C=O) groups is 1. The number of nitrogens with one attached hydrogen (secondary N) is 1. The molecular weight excluding hydrogens is 490 g/mol. The highest BCUT2D eigenvalue weighted by Gasteiger charge is 2.30. The molecule has 1 N–H and O–H groups in total. The molecule has 38 heavy (non-hydrogen) atoms. The van der Waals surface area contributed by atoms with Gasteiger partial charge in [-0.05, 0) is 43.5 Å². The number of anilines is 1. The SMILES string of the molecule is CCc1ncnc(-c2cc(F)c(C(=O)N3CCN(C4CCOCC4)CC3)c(F)c2)c1-c1ccc(NC)nc1. The van der Waals surface area contributed by atoms with Crippen LogP contribution in [0, 0.1) is 11.6 Å². The molecule has 2 fully saturated rings. The molecule has 5 rings (SSSR count). The normalized spacial score (nSPS) is 17.0. The summed E-state index contributed by atoms with van der Waals surface area (Å²) in [6.07, 6.45) is 5.61. The zero-order chi connectivity index (χ0) is 26.6. The van der Waals surface area contributed by atoms with E-state index in [1.54, 1.807) is 13.2 Å². The quantitative estimate of drug-likeness (QED) is 0.524. The number of benzene rings is 1. The van der Waals surface area contributed by atoms with Crippen molar-refractivity contribution < 1.29 is 18.3 Å². The Labute approximate surface area is 221 Å². The van der Waals surface area contributed by atoms with Gasteiger partial charge in [0.2, 0.25) is 0 Å². The topological polar surface area (TPSA) is 83.5 Å². The molecule has 200 valence electrons.